The van der Waals surface area contributed by atoms with Gasteiger partial charge in [-0.2, -0.15) is 0 Å². The highest BCUT2D eigenvalue weighted by Crippen LogP contribution is 2.07. The largest absolute Gasteiger partial charge is 0.394 e. The highest BCUT2D eigenvalue weighted by molar-refractivity contribution is 4.70. The van der Waals surface area contributed by atoms with Crippen molar-refractivity contribution < 1.29 is 14.9 Å². The van der Waals surface area contributed by atoms with Gasteiger partial charge in [-0.1, -0.05) is 13.8 Å². The molecule has 0 aromatic heterocycles. The Morgan fingerprint density at radius 1 is 1.40 bits per heavy atom. The van der Waals surface area contributed by atoms with Gasteiger partial charge in [-0.15, -0.1) is 0 Å². The van der Waals surface area contributed by atoms with E-state index in [0.717, 1.165) is 0 Å². The molecule has 0 saturated carbocycles. The maximum Gasteiger partial charge on any atom is 0.106 e. The summed E-state index contributed by atoms with van der Waals surface area (Å²) in [6.07, 6.45) is -1.02. The first-order valence-electron chi connectivity index (χ1n) is 3.45. The zero-order valence-electron chi connectivity index (χ0n) is 6.74. The molecule has 2 atom stereocenters. The van der Waals surface area contributed by atoms with Crippen molar-refractivity contribution in [2.45, 2.75) is 26.1 Å². The van der Waals surface area contributed by atoms with Gasteiger partial charge in [-0.05, 0) is 5.92 Å². The Labute approximate surface area is 61.6 Å². The molecule has 0 fully saturated rings. The summed E-state index contributed by atoms with van der Waals surface area (Å²) in [6, 6.07) is 0. The van der Waals surface area contributed by atoms with E-state index in [0.29, 0.717) is 0 Å². The minimum absolute atomic E-state index is 0.122. The lowest BCUT2D eigenvalue weighted by molar-refractivity contribution is -0.0591. The van der Waals surface area contributed by atoms with Crippen molar-refractivity contribution in [3.05, 3.63) is 0 Å². The zero-order valence-corrected chi connectivity index (χ0v) is 6.74. The summed E-state index contributed by atoms with van der Waals surface area (Å²) in [5.74, 6) is 0.122. The van der Waals surface area contributed by atoms with Crippen LogP contribution in [-0.4, -0.2) is 36.1 Å². The van der Waals surface area contributed by atoms with Crippen LogP contribution in [0, 0.1) is 5.92 Å². The molecule has 0 heterocycles. The highest BCUT2D eigenvalue weighted by Gasteiger charge is 2.20. The molecule has 0 spiro atoms. The van der Waals surface area contributed by atoms with E-state index in [4.69, 9.17) is 9.84 Å². The fourth-order valence-electron chi connectivity index (χ4n) is 0.751. The Morgan fingerprint density at radius 3 is 2.00 bits per heavy atom. The van der Waals surface area contributed by atoms with Gasteiger partial charge in [-0.25, -0.2) is 0 Å². The number of hydrogen-bond acceptors (Lipinski definition) is 3. The van der Waals surface area contributed by atoms with Gasteiger partial charge in [-0.3, -0.25) is 0 Å². The summed E-state index contributed by atoms with van der Waals surface area (Å²) in [5.41, 5.74) is 0. The van der Waals surface area contributed by atoms with Crippen LogP contribution < -0.4 is 0 Å². The molecule has 0 rings (SSSR count). The number of aliphatic hydroxyl groups excluding tert-OH is 2. The van der Waals surface area contributed by atoms with E-state index < -0.39 is 12.2 Å². The molecular formula is C7H16O3. The van der Waals surface area contributed by atoms with Crippen LogP contribution in [0.4, 0.5) is 0 Å². The van der Waals surface area contributed by atoms with Crippen molar-refractivity contribution >= 4 is 0 Å². The predicted molar refractivity (Wildman–Crippen MR) is 38.7 cm³/mol. The van der Waals surface area contributed by atoms with Gasteiger partial charge in [0.25, 0.3) is 0 Å². The summed E-state index contributed by atoms with van der Waals surface area (Å²) in [4.78, 5) is 0. The molecular weight excluding hydrogens is 132 g/mol. The average Bonchev–Trinajstić information content (AvgIpc) is 1.90. The highest BCUT2D eigenvalue weighted by atomic mass is 16.5. The van der Waals surface area contributed by atoms with Gasteiger partial charge < -0.3 is 14.9 Å². The van der Waals surface area contributed by atoms with E-state index in [1.54, 1.807) is 0 Å². The molecule has 0 amide bonds. The molecule has 10 heavy (non-hydrogen) atoms. The maximum atomic E-state index is 9.30. The van der Waals surface area contributed by atoms with E-state index in [-0.39, 0.29) is 12.5 Å². The third-order valence-electron chi connectivity index (χ3n) is 1.55. The van der Waals surface area contributed by atoms with E-state index in [1.165, 1.54) is 7.11 Å². The molecule has 0 aliphatic heterocycles. The van der Waals surface area contributed by atoms with Crippen LogP contribution in [-0.2, 0) is 4.74 Å². The minimum Gasteiger partial charge on any atom is -0.394 e. The van der Waals surface area contributed by atoms with Gasteiger partial charge >= 0.3 is 0 Å². The lowest BCUT2D eigenvalue weighted by atomic mass is 10.0. The van der Waals surface area contributed by atoms with Crippen molar-refractivity contribution in [3.8, 4) is 0 Å². The second-order valence-electron chi connectivity index (χ2n) is 2.69. The fourth-order valence-corrected chi connectivity index (χ4v) is 0.751. The Morgan fingerprint density at radius 2 is 1.90 bits per heavy atom. The molecule has 2 unspecified atom stereocenters. The molecule has 0 aliphatic carbocycles. The quantitative estimate of drug-likeness (QED) is 0.590. The van der Waals surface area contributed by atoms with Gasteiger partial charge in [0.05, 0.1) is 12.7 Å². The third kappa shape index (κ3) is 2.64. The predicted octanol–water partition coefficient (Wildman–Crippen LogP) is 0.0106. The van der Waals surface area contributed by atoms with Crippen LogP contribution in [0.5, 0.6) is 0 Å². The van der Waals surface area contributed by atoms with Crippen LogP contribution in [0.2, 0.25) is 0 Å². The van der Waals surface area contributed by atoms with Crippen molar-refractivity contribution in [1.82, 2.24) is 0 Å². The van der Waals surface area contributed by atoms with Crippen LogP contribution in [0.1, 0.15) is 13.8 Å². The fraction of sp³-hybridized carbons (Fsp3) is 1.00. The molecule has 0 radical (unpaired) electrons. The monoisotopic (exact) mass is 148 g/mol. The third-order valence-corrected chi connectivity index (χ3v) is 1.55. The number of rotatable bonds is 4. The smallest absolute Gasteiger partial charge is 0.106 e. The first-order chi connectivity index (χ1) is 4.63. The number of hydrogen-bond donors (Lipinski definition) is 2. The Bertz CT molecular complexity index is 78.9. The number of aliphatic hydroxyl groups is 2. The van der Waals surface area contributed by atoms with E-state index >= 15 is 0 Å². The van der Waals surface area contributed by atoms with Crippen molar-refractivity contribution in [1.29, 1.82) is 0 Å². The topological polar surface area (TPSA) is 49.7 Å². The second kappa shape index (κ2) is 4.66. The summed E-state index contributed by atoms with van der Waals surface area (Å²) < 4.78 is 4.82. The maximum absolute atomic E-state index is 9.30. The molecule has 3 heteroatoms. The molecule has 0 aromatic rings. The number of methoxy groups -OCH3 is 1. The average molecular weight is 148 g/mol. The van der Waals surface area contributed by atoms with Crippen LogP contribution in [0.15, 0.2) is 0 Å². The lowest BCUT2D eigenvalue weighted by Crippen LogP contribution is -2.35. The normalized spacial score (nSPS) is 17.4. The van der Waals surface area contributed by atoms with Crippen LogP contribution in [0.25, 0.3) is 0 Å². The molecule has 0 aliphatic rings. The molecule has 62 valence electrons. The molecule has 2 N–H and O–H groups in total. The molecule has 0 bridgehead atoms. The SMILES string of the molecule is COC(CO)C(O)C(C)C. The van der Waals surface area contributed by atoms with E-state index in [1.807, 2.05) is 13.8 Å². The lowest BCUT2D eigenvalue weighted by Gasteiger charge is -2.22. The van der Waals surface area contributed by atoms with Crippen LogP contribution >= 0.6 is 0 Å². The van der Waals surface area contributed by atoms with Gasteiger partial charge in [0.1, 0.15) is 6.10 Å². The summed E-state index contributed by atoms with van der Waals surface area (Å²) in [6.45, 7) is 3.63. The Hall–Kier alpha value is -0.120. The molecule has 0 saturated heterocycles. The van der Waals surface area contributed by atoms with Gasteiger partial charge in [0, 0.05) is 7.11 Å². The minimum atomic E-state index is -0.574. The Balaban J connectivity index is 3.76. The van der Waals surface area contributed by atoms with Crippen molar-refractivity contribution in [2.24, 2.45) is 5.92 Å². The molecule has 0 aromatic carbocycles. The zero-order chi connectivity index (χ0) is 8.15. The van der Waals surface area contributed by atoms with Crippen molar-refractivity contribution in [2.75, 3.05) is 13.7 Å². The second-order valence-corrected chi connectivity index (χ2v) is 2.69. The van der Waals surface area contributed by atoms with E-state index in [9.17, 15) is 5.11 Å². The van der Waals surface area contributed by atoms with Gasteiger partial charge in [0.15, 0.2) is 0 Å². The van der Waals surface area contributed by atoms with Crippen molar-refractivity contribution in [3.63, 3.8) is 0 Å². The van der Waals surface area contributed by atoms with Gasteiger partial charge in [0.2, 0.25) is 0 Å². The summed E-state index contributed by atoms with van der Waals surface area (Å²) in [7, 11) is 1.48. The van der Waals surface area contributed by atoms with E-state index in [2.05, 4.69) is 0 Å². The molecule has 3 nitrogen and oxygen atoms in total. The Kier molecular flexibility index (Phi) is 4.60. The first-order valence-corrected chi connectivity index (χ1v) is 3.45. The van der Waals surface area contributed by atoms with Crippen LogP contribution in [0.3, 0.4) is 0 Å². The summed E-state index contributed by atoms with van der Waals surface area (Å²) in [5, 5.41) is 18.0. The summed E-state index contributed by atoms with van der Waals surface area (Å²) >= 11 is 0. The first kappa shape index (κ1) is 9.88. The standard InChI is InChI=1S/C7H16O3/c1-5(2)7(9)6(4-8)10-3/h5-9H,4H2,1-3H3. The number of ether oxygens (including phenoxy) is 1.